The van der Waals surface area contributed by atoms with Crippen LogP contribution >= 0.6 is 0 Å². The van der Waals surface area contributed by atoms with Gasteiger partial charge in [-0.3, -0.25) is 28.9 Å². The first-order chi connectivity index (χ1) is 17.6. The number of imide groups is 1. The van der Waals surface area contributed by atoms with Gasteiger partial charge in [-0.1, -0.05) is 54.6 Å². The van der Waals surface area contributed by atoms with Crippen LogP contribution in [0.4, 0.5) is 24.5 Å². The molecule has 0 radical (unpaired) electrons. The Morgan fingerprint density at radius 1 is 0.811 bits per heavy atom. The van der Waals surface area contributed by atoms with E-state index in [9.17, 15) is 37.1 Å². The number of carbonyl (C=O) groups is 5. The number of halogens is 3. The van der Waals surface area contributed by atoms with E-state index in [2.05, 4.69) is 0 Å². The lowest BCUT2D eigenvalue weighted by molar-refractivity contribution is -0.137. The molecule has 0 spiro atoms. The first kappa shape index (κ1) is 24.1. The summed E-state index contributed by atoms with van der Waals surface area (Å²) in [6, 6.07) is 16.0. The van der Waals surface area contributed by atoms with Crippen molar-refractivity contribution >= 4 is 40.7 Å². The predicted octanol–water partition coefficient (Wildman–Crippen LogP) is 4.07. The van der Waals surface area contributed by atoms with Crippen LogP contribution < -0.4 is 9.80 Å². The van der Waals surface area contributed by atoms with Crippen molar-refractivity contribution in [3.63, 3.8) is 0 Å². The quantitative estimate of drug-likeness (QED) is 0.296. The largest absolute Gasteiger partial charge is 0.418 e. The van der Waals surface area contributed by atoms with Crippen LogP contribution in [0.2, 0.25) is 0 Å². The Balaban J connectivity index is 1.63. The molecule has 2 aliphatic rings. The Morgan fingerprint density at radius 2 is 1.41 bits per heavy atom. The predicted molar refractivity (Wildman–Crippen MR) is 125 cm³/mol. The number of fused-ring (bicyclic) bond motifs is 1. The molecule has 0 unspecified atom stereocenters. The van der Waals surface area contributed by atoms with Gasteiger partial charge in [0.15, 0.2) is 5.78 Å². The molecule has 37 heavy (non-hydrogen) atoms. The zero-order chi connectivity index (χ0) is 26.5. The molecule has 3 amide bonds. The number of ketones is 2. The van der Waals surface area contributed by atoms with E-state index in [1.165, 1.54) is 42.5 Å². The Hall–Kier alpha value is -4.60. The molecule has 2 aliphatic heterocycles. The van der Waals surface area contributed by atoms with E-state index in [0.29, 0.717) is 4.90 Å². The van der Waals surface area contributed by atoms with Gasteiger partial charge >= 0.3 is 6.18 Å². The molecule has 1 fully saturated rings. The average Bonchev–Trinajstić information content (AvgIpc) is 3.32. The van der Waals surface area contributed by atoms with E-state index in [4.69, 9.17) is 0 Å². The zero-order valence-corrected chi connectivity index (χ0v) is 18.9. The molecule has 0 N–H and O–H groups in total. The third-order valence-electron chi connectivity index (χ3n) is 6.44. The lowest BCUT2D eigenvalue weighted by atomic mass is 9.89. The minimum Gasteiger partial charge on any atom is -0.293 e. The van der Waals surface area contributed by atoms with Crippen LogP contribution in [-0.2, 0) is 20.6 Å². The summed E-state index contributed by atoms with van der Waals surface area (Å²) in [5, 5.41) is 0. The van der Waals surface area contributed by atoms with Crippen LogP contribution in [0.15, 0.2) is 78.9 Å². The highest BCUT2D eigenvalue weighted by atomic mass is 19.4. The van der Waals surface area contributed by atoms with Gasteiger partial charge < -0.3 is 0 Å². The Kier molecular flexibility index (Phi) is 5.74. The molecule has 0 aliphatic carbocycles. The highest BCUT2D eigenvalue weighted by Crippen LogP contribution is 2.42. The molecule has 2 atom stereocenters. The van der Waals surface area contributed by atoms with Gasteiger partial charge in [-0.15, -0.1) is 0 Å². The fourth-order valence-electron chi connectivity index (χ4n) is 4.80. The lowest BCUT2D eigenvalue weighted by Crippen LogP contribution is -2.51. The van der Waals surface area contributed by atoms with Crippen LogP contribution in [0.1, 0.15) is 32.7 Å². The molecule has 0 saturated carbocycles. The smallest absolute Gasteiger partial charge is 0.293 e. The van der Waals surface area contributed by atoms with Gasteiger partial charge in [0.1, 0.15) is 6.04 Å². The molecule has 0 aromatic heterocycles. The van der Waals surface area contributed by atoms with Crippen LogP contribution in [0.3, 0.4) is 0 Å². The number of anilines is 2. The monoisotopic (exact) mass is 506 g/mol. The topological polar surface area (TPSA) is 91.8 Å². The van der Waals surface area contributed by atoms with Crippen molar-refractivity contribution in [2.45, 2.75) is 18.6 Å². The number of benzene rings is 3. The summed E-state index contributed by atoms with van der Waals surface area (Å²) >= 11 is 0. The van der Waals surface area contributed by atoms with E-state index >= 15 is 0 Å². The first-order valence-corrected chi connectivity index (χ1v) is 11.2. The van der Waals surface area contributed by atoms with Crippen molar-refractivity contribution in [1.82, 2.24) is 0 Å². The maximum atomic E-state index is 13.7. The molecule has 1 saturated heterocycles. The number of carbonyl (C=O) groups excluding carboxylic acids is 5. The van der Waals surface area contributed by atoms with E-state index in [1.54, 1.807) is 18.2 Å². The molecule has 7 nitrogen and oxygen atoms in total. The number of hydrogen-bond donors (Lipinski definition) is 0. The number of amides is 3. The fraction of sp³-hybridized carbons (Fsp3) is 0.148. The summed E-state index contributed by atoms with van der Waals surface area (Å²) in [6.45, 7) is 0. The third kappa shape index (κ3) is 3.90. The molecule has 3 aromatic carbocycles. The van der Waals surface area contributed by atoms with E-state index in [0.717, 1.165) is 23.1 Å². The summed E-state index contributed by atoms with van der Waals surface area (Å²) < 4.78 is 41.0. The maximum absolute atomic E-state index is 13.7. The highest BCUT2D eigenvalue weighted by molar-refractivity contribution is 6.53. The number of para-hydroxylation sites is 2. The molecule has 2 heterocycles. The van der Waals surface area contributed by atoms with Crippen molar-refractivity contribution in [2.75, 3.05) is 9.80 Å². The summed E-state index contributed by atoms with van der Waals surface area (Å²) in [7, 11) is 0. The van der Waals surface area contributed by atoms with Crippen LogP contribution in [-0.4, -0.2) is 35.3 Å². The van der Waals surface area contributed by atoms with Crippen LogP contribution in [0.5, 0.6) is 0 Å². The Bertz CT molecular complexity index is 1470. The Labute approximate surface area is 208 Å². The SMILES string of the molecule is O=C1C(=O)N([C@H](C(=O)c2ccccc2)[C@@H]2CC(=O)N(c3ccccc3C(F)(F)F)C2=O)c2ccccc21. The number of rotatable bonds is 5. The molecule has 3 aromatic rings. The molecular weight excluding hydrogens is 489 g/mol. The minimum atomic E-state index is -4.86. The number of Topliss-reactive ketones (excluding diaryl/α,β-unsaturated/α-hetero) is 2. The second-order valence-electron chi connectivity index (χ2n) is 8.59. The van der Waals surface area contributed by atoms with Crippen molar-refractivity contribution < 1.29 is 37.1 Å². The van der Waals surface area contributed by atoms with Gasteiger partial charge in [0.05, 0.1) is 28.4 Å². The van der Waals surface area contributed by atoms with Crippen molar-refractivity contribution in [1.29, 1.82) is 0 Å². The summed E-state index contributed by atoms with van der Waals surface area (Å²) in [5.41, 5.74) is -1.65. The number of alkyl halides is 3. The van der Waals surface area contributed by atoms with Crippen LogP contribution in [0.25, 0.3) is 0 Å². The van der Waals surface area contributed by atoms with Crippen LogP contribution in [0, 0.1) is 5.92 Å². The highest BCUT2D eigenvalue weighted by Gasteiger charge is 2.53. The van der Waals surface area contributed by atoms with Gasteiger partial charge in [-0.2, -0.15) is 13.2 Å². The molecular formula is C27H17F3N2O5. The standard InChI is InChI=1S/C27H17F3N2O5/c28-27(29,30)18-11-5-7-13-20(18)31-21(33)14-17(25(31)36)22(23(34)15-8-2-1-3-9-15)32-19-12-6-4-10-16(19)24(35)26(32)37/h1-13,17,22H,14H2/t17-,22-/m0/s1. The minimum absolute atomic E-state index is 0.0226. The molecule has 0 bridgehead atoms. The van der Waals surface area contributed by atoms with Gasteiger partial charge in [0.25, 0.3) is 11.7 Å². The normalized spacial score (nSPS) is 18.4. The maximum Gasteiger partial charge on any atom is 0.418 e. The van der Waals surface area contributed by atoms with Gasteiger partial charge in [0, 0.05) is 12.0 Å². The summed E-state index contributed by atoms with van der Waals surface area (Å²) in [4.78, 5) is 67.4. The van der Waals surface area contributed by atoms with Gasteiger partial charge in [-0.25, -0.2) is 4.90 Å². The summed E-state index contributed by atoms with van der Waals surface area (Å²) in [6.07, 6.45) is -5.49. The van der Waals surface area contributed by atoms with E-state index in [1.807, 2.05) is 0 Å². The second-order valence-corrected chi connectivity index (χ2v) is 8.59. The number of nitrogens with zero attached hydrogens (tertiary/aromatic N) is 2. The Morgan fingerprint density at radius 3 is 2.08 bits per heavy atom. The van der Waals surface area contributed by atoms with E-state index in [-0.39, 0.29) is 16.8 Å². The summed E-state index contributed by atoms with van der Waals surface area (Å²) in [5.74, 6) is -6.23. The third-order valence-corrected chi connectivity index (χ3v) is 6.44. The molecule has 10 heteroatoms. The number of hydrogen-bond acceptors (Lipinski definition) is 5. The van der Waals surface area contributed by atoms with E-state index < -0.39 is 65.1 Å². The van der Waals surface area contributed by atoms with Crippen molar-refractivity contribution in [3.05, 3.63) is 95.6 Å². The van der Waals surface area contributed by atoms with Gasteiger partial charge in [0.2, 0.25) is 11.8 Å². The lowest BCUT2D eigenvalue weighted by Gasteiger charge is -2.30. The second kappa shape index (κ2) is 8.81. The zero-order valence-electron chi connectivity index (χ0n) is 18.9. The molecule has 5 rings (SSSR count). The fourth-order valence-corrected chi connectivity index (χ4v) is 4.80. The van der Waals surface area contributed by atoms with Crippen molar-refractivity contribution in [2.24, 2.45) is 5.92 Å². The van der Waals surface area contributed by atoms with Crippen molar-refractivity contribution in [3.8, 4) is 0 Å². The molecule has 186 valence electrons. The average molecular weight is 506 g/mol. The van der Waals surface area contributed by atoms with Gasteiger partial charge in [-0.05, 0) is 24.3 Å². The first-order valence-electron chi connectivity index (χ1n) is 11.2.